The van der Waals surface area contributed by atoms with Crippen molar-refractivity contribution >= 4 is 17.1 Å². The standard InChI is InChI=1S/C25H30N4O2/c30-23(16-19-8-4-5-9-19)27-15-7-12-21(18-27)29-24-22(13-6-14-26-24)28(25(29)31)17-20-10-2-1-3-11-20/h1-3,6,10-11,13-14,19,21H,4-5,7-9,12,15-18H2/t21-/m0/s1. The lowest BCUT2D eigenvalue weighted by molar-refractivity contribution is -0.133. The van der Waals surface area contributed by atoms with E-state index in [1.165, 1.54) is 25.7 Å². The van der Waals surface area contributed by atoms with Crippen LogP contribution in [0.25, 0.3) is 11.2 Å². The summed E-state index contributed by atoms with van der Waals surface area (Å²) in [5.74, 6) is 0.802. The fourth-order valence-corrected chi connectivity index (χ4v) is 5.34. The first-order valence-corrected chi connectivity index (χ1v) is 11.6. The molecular formula is C25H30N4O2. The Balaban J connectivity index is 1.43. The number of carbonyl (C=O) groups is 1. The highest BCUT2D eigenvalue weighted by molar-refractivity contribution is 5.77. The van der Waals surface area contributed by atoms with E-state index in [1.807, 2.05) is 56.5 Å². The smallest absolute Gasteiger partial charge is 0.330 e. The first-order chi connectivity index (χ1) is 15.2. The number of hydrogen-bond acceptors (Lipinski definition) is 3. The Bertz CT molecular complexity index is 1110. The van der Waals surface area contributed by atoms with Crippen molar-refractivity contribution in [3.63, 3.8) is 0 Å². The number of fused-ring (bicyclic) bond motifs is 1. The molecule has 1 aromatic carbocycles. The predicted octanol–water partition coefficient (Wildman–Crippen LogP) is 3.99. The van der Waals surface area contributed by atoms with Gasteiger partial charge in [0.2, 0.25) is 5.91 Å². The molecule has 0 bridgehead atoms. The molecule has 1 atom stereocenters. The van der Waals surface area contributed by atoms with Gasteiger partial charge in [-0.25, -0.2) is 9.78 Å². The van der Waals surface area contributed by atoms with Gasteiger partial charge in [0, 0.05) is 25.7 Å². The maximum absolute atomic E-state index is 13.5. The highest BCUT2D eigenvalue weighted by Crippen LogP contribution is 2.30. The third-order valence-electron chi connectivity index (χ3n) is 6.96. The third kappa shape index (κ3) is 4.03. The lowest BCUT2D eigenvalue weighted by Gasteiger charge is -2.33. The molecule has 3 heterocycles. The number of nitrogens with zero attached hydrogens (tertiary/aromatic N) is 4. The van der Waals surface area contributed by atoms with Crippen LogP contribution in [0.3, 0.4) is 0 Å². The Hall–Kier alpha value is -2.89. The first kappa shape index (κ1) is 20.0. The molecule has 1 aliphatic carbocycles. The van der Waals surface area contributed by atoms with Gasteiger partial charge in [-0.1, -0.05) is 43.2 Å². The molecule has 2 aromatic heterocycles. The number of pyridine rings is 1. The number of imidazole rings is 1. The molecular weight excluding hydrogens is 388 g/mol. The van der Waals surface area contributed by atoms with Crippen LogP contribution < -0.4 is 5.69 Å². The second-order valence-electron chi connectivity index (χ2n) is 9.06. The zero-order chi connectivity index (χ0) is 21.2. The van der Waals surface area contributed by atoms with Crippen molar-refractivity contribution in [1.82, 2.24) is 19.0 Å². The summed E-state index contributed by atoms with van der Waals surface area (Å²) in [5, 5.41) is 0. The van der Waals surface area contributed by atoms with Crippen LogP contribution in [0.2, 0.25) is 0 Å². The Labute approximate surface area is 182 Å². The number of carbonyl (C=O) groups excluding carboxylic acids is 1. The monoisotopic (exact) mass is 418 g/mol. The molecule has 1 aliphatic heterocycles. The van der Waals surface area contributed by atoms with E-state index in [0.29, 0.717) is 25.4 Å². The molecule has 162 valence electrons. The van der Waals surface area contributed by atoms with Gasteiger partial charge in [-0.3, -0.25) is 13.9 Å². The molecule has 1 saturated carbocycles. The van der Waals surface area contributed by atoms with Crippen molar-refractivity contribution in [2.45, 2.75) is 57.5 Å². The molecule has 6 nitrogen and oxygen atoms in total. The summed E-state index contributed by atoms with van der Waals surface area (Å²) in [6.07, 6.45) is 9.09. The first-order valence-electron chi connectivity index (χ1n) is 11.6. The van der Waals surface area contributed by atoms with E-state index in [-0.39, 0.29) is 17.6 Å². The maximum Gasteiger partial charge on any atom is 0.330 e. The minimum absolute atomic E-state index is 0.0248. The van der Waals surface area contributed by atoms with Gasteiger partial charge in [0.1, 0.15) is 0 Å². The molecule has 0 radical (unpaired) electrons. The summed E-state index contributed by atoms with van der Waals surface area (Å²) >= 11 is 0. The summed E-state index contributed by atoms with van der Waals surface area (Å²) < 4.78 is 3.66. The number of hydrogen-bond donors (Lipinski definition) is 0. The molecule has 6 heteroatoms. The molecule has 5 rings (SSSR count). The highest BCUT2D eigenvalue weighted by Gasteiger charge is 2.30. The Morgan fingerprint density at radius 3 is 2.61 bits per heavy atom. The molecule has 31 heavy (non-hydrogen) atoms. The number of amides is 1. The molecule has 2 fully saturated rings. The SMILES string of the molecule is O=C(CC1CCCC1)N1CCC[C@H](n2c(=O)n(Cc3ccccc3)c3cccnc32)C1. The molecule has 0 unspecified atom stereocenters. The van der Waals surface area contributed by atoms with Crippen molar-refractivity contribution in [3.8, 4) is 0 Å². The number of aromatic nitrogens is 3. The third-order valence-corrected chi connectivity index (χ3v) is 6.96. The molecule has 0 N–H and O–H groups in total. The topological polar surface area (TPSA) is 60.1 Å². The number of benzene rings is 1. The molecule has 3 aromatic rings. The summed E-state index contributed by atoms with van der Waals surface area (Å²) in [5.41, 5.74) is 2.63. The van der Waals surface area contributed by atoms with Crippen LogP contribution >= 0.6 is 0 Å². The summed E-state index contributed by atoms with van der Waals surface area (Å²) in [7, 11) is 0. The van der Waals surface area contributed by atoms with E-state index < -0.39 is 0 Å². The second-order valence-corrected chi connectivity index (χ2v) is 9.06. The highest BCUT2D eigenvalue weighted by atomic mass is 16.2. The van der Waals surface area contributed by atoms with Gasteiger partial charge < -0.3 is 4.90 Å². The van der Waals surface area contributed by atoms with Gasteiger partial charge in [-0.05, 0) is 49.3 Å². The summed E-state index contributed by atoms with van der Waals surface area (Å²) in [6.45, 7) is 1.92. The lowest BCUT2D eigenvalue weighted by atomic mass is 10.0. The molecule has 1 amide bonds. The zero-order valence-corrected chi connectivity index (χ0v) is 17.9. The van der Waals surface area contributed by atoms with Gasteiger partial charge >= 0.3 is 5.69 Å². The van der Waals surface area contributed by atoms with Crippen LogP contribution in [0, 0.1) is 5.92 Å². The van der Waals surface area contributed by atoms with Gasteiger partial charge in [-0.15, -0.1) is 0 Å². The Morgan fingerprint density at radius 2 is 1.81 bits per heavy atom. The largest absolute Gasteiger partial charge is 0.341 e. The van der Waals surface area contributed by atoms with E-state index in [4.69, 9.17) is 0 Å². The van der Waals surface area contributed by atoms with E-state index in [2.05, 4.69) is 4.98 Å². The predicted molar refractivity (Wildman–Crippen MR) is 121 cm³/mol. The molecule has 1 saturated heterocycles. The maximum atomic E-state index is 13.5. The van der Waals surface area contributed by atoms with Crippen molar-refractivity contribution in [3.05, 3.63) is 64.7 Å². The van der Waals surface area contributed by atoms with Gasteiger partial charge in [0.15, 0.2) is 5.65 Å². The Morgan fingerprint density at radius 1 is 1.00 bits per heavy atom. The fourth-order valence-electron chi connectivity index (χ4n) is 5.34. The van der Waals surface area contributed by atoms with E-state index in [1.54, 1.807) is 6.20 Å². The van der Waals surface area contributed by atoms with E-state index >= 15 is 0 Å². The fraction of sp³-hybridized carbons (Fsp3) is 0.480. The molecule has 0 spiro atoms. The van der Waals surface area contributed by atoms with Crippen molar-refractivity contribution in [2.24, 2.45) is 5.92 Å². The second kappa shape index (κ2) is 8.69. The van der Waals surface area contributed by atoms with Crippen LogP contribution in [0.15, 0.2) is 53.5 Å². The number of piperidine rings is 1. The van der Waals surface area contributed by atoms with Crippen LogP contribution in [0.5, 0.6) is 0 Å². The summed E-state index contributed by atoms with van der Waals surface area (Å²) in [6, 6.07) is 13.9. The summed E-state index contributed by atoms with van der Waals surface area (Å²) in [4.78, 5) is 33.0. The number of likely N-dealkylation sites (tertiary alicyclic amines) is 1. The average molecular weight is 419 g/mol. The van der Waals surface area contributed by atoms with Crippen molar-refractivity contribution in [1.29, 1.82) is 0 Å². The van der Waals surface area contributed by atoms with Crippen LogP contribution in [0.4, 0.5) is 0 Å². The Kier molecular flexibility index (Phi) is 5.62. The van der Waals surface area contributed by atoms with Crippen molar-refractivity contribution in [2.75, 3.05) is 13.1 Å². The van der Waals surface area contributed by atoms with Gasteiger partial charge in [0.05, 0.1) is 18.1 Å². The van der Waals surface area contributed by atoms with E-state index in [0.717, 1.165) is 36.1 Å². The van der Waals surface area contributed by atoms with Crippen LogP contribution in [-0.2, 0) is 11.3 Å². The molecule has 2 aliphatic rings. The minimum Gasteiger partial charge on any atom is -0.341 e. The zero-order valence-electron chi connectivity index (χ0n) is 17.9. The van der Waals surface area contributed by atoms with Gasteiger partial charge in [-0.2, -0.15) is 0 Å². The quantitative estimate of drug-likeness (QED) is 0.629. The lowest BCUT2D eigenvalue weighted by Crippen LogP contribution is -2.43. The van der Waals surface area contributed by atoms with E-state index in [9.17, 15) is 9.59 Å². The van der Waals surface area contributed by atoms with Gasteiger partial charge in [0.25, 0.3) is 0 Å². The average Bonchev–Trinajstić information content (AvgIpc) is 3.41. The normalized spacial score (nSPS) is 19.9. The van der Waals surface area contributed by atoms with Crippen molar-refractivity contribution < 1.29 is 4.79 Å². The minimum atomic E-state index is -0.0346. The number of rotatable bonds is 5. The van der Waals surface area contributed by atoms with Crippen LogP contribution in [-0.4, -0.2) is 38.0 Å². The van der Waals surface area contributed by atoms with Crippen LogP contribution in [0.1, 0.15) is 56.6 Å².